The second-order valence-electron chi connectivity index (χ2n) is 4.86. The van der Waals surface area contributed by atoms with Gasteiger partial charge in [-0.2, -0.15) is 0 Å². The summed E-state index contributed by atoms with van der Waals surface area (Å²) in [6.45, 7) is 2.71. The first-order chi connectivity index (χ1) is 8.56. The van der Waals surface area contributed by atoms with Crippen LogP contribution in [-0.2, 0) is 0 Å². The monoisotopic (exact) mass is 251 g/mol. The first-order valence-corrected chi connectivity index (χ1v) is 6.08. The number of halogens is 1. The number of carbonyl (C=O) groups is 1. The number of likely N-dealkylation sites (tertiary alicyclic amines) is 1. The third-order valence-corrected chi connectivity index (χ3v) is 3.30. The fraction of sp³-hybridized carbons (Fsp3) is 0.462. The molecule has 2 rings (SSSR count). The van der Waals surface area contributed by atoms with Gasteiger partial charge in [-0.1, -0.05) is 0 Å². The van der Waals surface area contributed by atoms with Crippen molar-refractivity contribution < 1.29 is 9.18 Å². The van der Waals surface area contributed by atoms with Crippen molar-refractivity contribution in [3.05, 3.63) is 29.6 Å². The maximum absolute atomic E-state index is 12.9. The molecule has 3 N–H and O–H groups in total. The minimum Gasteiger partial charge on any atom is -0.398 e. The third-order valence-electron chi connectivity index (χ3n) is 3.30. The van der Waals surface area contributed by atoms with Crippen molar-refractivity contribution in [1.82, 2.24) is 10.2 Å². The van der Waals surface area contributed by atoms with Crippen molar-refractivity contribution in [3.8, 4) is 0 Å². The van der Waals surface area contributed by atoms with E-state index in [1.807, 2.05) is 0 Å². The summed E-state index contributed by atoms with van der Waals surface area (Å²) >= 11 is 0. The first-order valence-electron chi connectivity index (χ1n) is 6.08. The van der Waals surface area contributed by atoms with E-state index in [1.165, 1.54) is 12.1 Å². The minimum atomic E-state index is -0.429. The number of nitrogen functional groups attached to an aromatic ring is 1. The highest BCUT2D eigenvalue weighted by Gasteiger charge is 2.20. The Morgan fingerprint density at radius 1 is 1.61 bits per heavy atom. The van der Waals surface area contributed by atoms with Crippen LogP contribution in [0.15, 0.2) is 18.2 Å². The van der Waals surface area contributed by atoms with Crippen molar-refractivity contribution in [2.45, 2.75) is 6.42 Å². The maximum Gasteiger partial charge on any atom is 0.253 e. The van der Waals surface area contributed by atoms with Crippen molar-refractivity contribution in [2.75, 3.05) is 32.4 Å². The standard InChI is InChI=1S/C13H18FN3O/c1-17-5-4-9(8-17)7-16-13(18)11-3-2-10(14)6-12(11)15/h2-3,6,9H,4-5,7-8,15H2,1H3,(H,16,18). The molecule has 1 fully saturated rings. The second-order valence-corrected chi connectivity index (χ2v) is 4.86. The second kappa shape index (κ2) is 5.35. The summed E-state index contributed by atoms with van der Waals surface area (Å²) in [5.41, 5.74) is 6.13. The lowest BCUT2D eigenvalue weighted by Crippen LogP contribution is -2.31. The number of amides is 1. The number of carbonyl (C=O) groups excluding carboxylic acids is 1. The minimum absolute atomic E-state index is 0.177. The van der Waals surface area contributed by atoms with Gasteiger partial charge in [0.15, 0.2) is 0 Å². The Labute approximate surface area is 106 Å². The predicted molar refractivity (Wildman–Crippen MR) is 68.7 cm³/mol. The molecule has 98 valence electrons. The molecule has 1 aliphatic heterocycles. The van der Waals surface area contributed by atoms with Crippen molar-refractivity contribution in [2.24, 2.45) is 5.92 Å². The normalized spacial score (nSPS) is 20.0. The van der Waals surface area contributed by atoms with Gasteiger partial charge in [-0.15, -0.1) is 0 Å². The summed E-state index contributed by atoms with van der Waals surface area (Å²) in [7, 11) is 2.07. The Morgan fingerprint density at radius 3 is 3.00 bits per heavy atom. The Morgan fingerprint density at radius 2 is 2.39 bits per heavy atom. The Hall–Kier alpha value is -1.62. The van der Waals surface area contributed by atoms with Gasteiger partial charge in [0.1, 0.15) is 5.82 Å². The lowest BCUT2D eigenvalue weighted by atomic mass is 10.1. The van der Waals surface area contributed by atoms with Crippen LogP contribution in [-0.4, -0.2) is 37.5 Å². The quantitative estimate of drug-likeness (QED) is 0.791. The summed E-state index contributed by atoms with van der Waals surface area (Å²) in [5, 5.41) is 2.85. The number of rotatable bonds is 3. The summed E-state index contributed by atoms with van der Waals surface area (Å²) in [6, 6.07) is 3.83. The number of benzene rings is 1. The molecule has 1 aromatic carbocycles. The van der Waals surface area contributed by atoms with Crippen molar-refractivity contribution in [3.63, 3.8) is 0 Å². The third kappa shape index (κ3) is 2.98. The van der Waals surface area contributed by atoms with Gasteiger partial charge in [-0.25, -0.2) is 4.39 Å². The number of nitrogens with one attached hydrogen (secondary N) is 1. The molecule has 0 aromatic heterocycles. The topological polar surface area (TPSA) is 58.4 Å². The maximum atomic E-state index is 12.9. The molecule has 1 aromatic rings. The van der Waals surface area contributed by atoms with Gasteiger partial charge in [-0.05, 0) is 44.1 Å². The van der Waals surface area contributed by atoms with E-state index in [1.54, 1.807) is 0 Å². The molecule has 1 saturated heterocycles. The fourth-order valence-electron chi connectivity index (χ4n) is 2.27. The molecule has 1 heterocycles. The van der Waals surface area contributed by atoms with Crippen LogP contribution in [0.2, 0.25) is 0 Å². The Balaban J connectivity index is 1.91. The predicted octanol–water partition coefficient (Wildman–Crippen LogP) is 1.09. The lowest BCUT2D eigenvalue weighted by molar-refractivity contribution is 0.0948. The van der Waals surface area contributed by atoms with Crippen LogP contribution in [0.5, 0.6) is 0 Å². The van der Waals surface area contributed by atoms with E-state index in [0.717, 1.165) is 25.6 Å². The summed E-state index contributed by atoms with van der Waals surface area (Å²) < 4.78 is 12.9. The van der Waals surface area contributed by atoms with Gasteiger partial charge < -0.3 is 16.0 Å². The number of hydrogen-bond donors (Lipinski definition) is 2. The van der Waals surface area contributed by atoms with E-state index in [4.69, 9.17) is 5.73 Å². The average Bonchev–Trinajstić information content (AvgIpc) is 2.72. The number of anilines is 1. The SMILES string of the molecule is CN1CCC(CNC(=O)c2ccc(F)cc2N)C1. The molecule has 4 nitrogen and oxygen atoms in total. The Bertz CT molecular complexity index is 450. The number of hydrogen-bond acceptors (Lipinski definition) is 3. The van der Waals surface area contributed by atoms with E-state index in [2.05, 4.69) is 17.3 Å². The molecule has 5 heteroatoms. The van der Waals surface area contributed by atoms with Crippen LogP contribution in [0.4, 0.5) is 10.1 Å². The smallest absolute Gasteiger partial charge is 0.253 e. The zero-order valence-corrected chi connectivity index (χ0v) is 10.4. The molecule has 0 bridgehead atoms. The van der Waals surface area contributed by atoms with Crippen molar-refractivity contribution >= 4 is 11.6 Å². The largest absolute Gasteiger partial charge is 0.398 e. The Kier molecular flexibility index (Phi) is 3.81. The van der Waals surface area contributed by atoms with Gasteiger partial charge >= 0.3 is 0 Å². The molecule has 1 atom stereocenters. The zero-order chi connectivity index (χ0) is 13.1. The molecule has 0 saturated carbocycles. The highest BCUT2D eigenvalue weighted by atomic mass is 19.1. The summed E-state index contributed by atoms with van der Waals surface area (Å²) in [4.78, 5) is 14.1. The van der Waals surface area contributed by atoms with E-state index < -0.39 is 5.82 Å². The van der Waals surface area contributed by atoms with E-state index in [0.29, 0.717) is 18.0 Å². The van der Waals surface area contributed by atoms with Crippen LogP contribution < -0.4 is 11.1 Å². The van der Waals surface area contributed by atoms with Crippen LogP contribution in [0.1, 0.15) is 16.8 Å². The van der Waals surface area contributed by atoms with Crippen LogP contribution >= 0.6 is 0 Å². The number of nitrogens with two attached hydrogens (primary N) is 1. The molecule has 1 amide bonds. The van der Waals surface area contributed by atoms with E-state index in [-0.39, 0.29) is 11.6 Å². The average molecular weight is 251 g/mol. The lowest BCUT2D eigenvalue weighted by Gasteiger charge is -2.12. The van der Waals surface area contributed by atoms with Crippen LogP contribution in [0.3, 0.4) is 0 Å². The summed E-state index contributed by atoms with van der Waals surface area (Å²) in [5.74, 6) is -0.177. The molecule has 1 aliphatic rings. The van der Waals surface area contributed by atoms with Crippen LogP contribution in [0, 0.1) is 11.7 Å². The molecule has 18 heavy (non-hydrogen) atoms. The van der Waals surface area contributed by atoms with E-state index >= 15 is 0 Å². The van der Waals surface area contributed by atoms with Gasteiger partial charge in [0.25, 0.3) is 5.91 Å². The zero-order valence-electron chi connectivity index (χ0n) is 10.4. The fourth-order valence-corrected chi connectivity index (χ4v) is 2.27. The molecular weight excluding hydrogens is 233 g/mol. The highest BCUT2D eigenvalue weighted by molar-refractivity contribution is 5.99. The van der Waals surface area contributed by atoms with E-state index in [9.17, 15) is 9.18 Å². The van der Waals surface area contributed by atoms with Gasteiger partial charge in [0.2, 0.25) is 0 Å². The first kappa shape index (κ1) is 12.8. The molecule has 0 radical (unpaired) electrons. The summed E-state index contributed by atoms with van der Waals surface area (Å²) in [6.07, 6.45) is 1.09. The molecule has 0 aliphatic carbocycles. The van der Waals surface area contributed by atoms with Crippen LogP contribution in [0.25, 0.3) is 0 Å². The van der Waals surface area contributed by atoms with Gasteiger partial charge in [0, 0.05) is 18.8 Å². The van der Waals surface area contributed by atoms with Gasteiger partial charge in [0.05, 0.1) is 5.56 Å². The molecular formula is C13H18FN3O. The molecule has 1 unspecified atom stereocenters. The van der Waals surface area contributed by atoms with Crippen molar-refractivity contribution in [1.29, 1.82) is 0 Å². The molecule has 0 spiro atoms. The van der Waals surface area contributed by atoms with Gasteiger partial charge in [-0.3, -0.25) is 4.79 Å². The number of nitrogens with zero attached hydrogens (tertiary/aromatic N) is 1. The highest BCUT2D eigenvalue weighted by Crippen LogP contribution is 2.15.